The maximum absolute atomic E-state index is 13.3. The standard InChI is InChI=1S/C26H22ClNO6/c1-32-18-10-8-17(9-11-18)28-23(20-13-12-19(33-2)14-21(20)34-3)22(25(30)26(28)31)24(29)15-4-6-16(27)7-5-15/h4-14,23,29H,1-3H3/b24-22+/t23-/m0/s1. The van der Waals surface area contributed by atoms with Gasteiger partial charge in [0, 0.05) is 27.9 Å². The van der Waals surface area contributed by atoms with Crippen molar-refractivity contribution in [2.75, 3.05) is 26.2 Å². The van der Waals surface area contributed by atoms with Crippen LogP contribution in [0, 0.1) is 0 Å². The van der Waals surface area contributed by atoms with Gasteiger partial charge in [0.1, 0.15) is 23.0 Å². The van der Waals surface area contributed by atoms with Crippen LogP contribution >= 0.6 is 11.6 Å². The Balaban J connectivity index is 1.96. The quantitative estimate of drug-likeness (QED) is 0.304. The smallest absolute Gasteiger partial charge is 0.300 e. The minimum absolute atomic E-state index is 0.0633. The molecule has 174 valence electrons. The molecule has 34 heavy (non-hydrogen) atoms. The molecule has 7 nitrogen and oxygen atoms in total. The number of Topliss-reactive ketones (excluding diaryl/α,β-unsaturated/α-hetero) is 1. The Labute approximate surface area is 201 Å². The molecule has 3 aromatic rings. The van der Waals surface area contributed by atoms with Crippen LogP contribution in [-0.4, -0.2) is 38.1 Å². The molecule has 1 amide bonds. The number of hydrogen-bond acceptors (Lipinski definition) is 6. The second kappa shape index (κ2) is 9.49. The number of rotatable bonds is 6. The van der Waals surface area contributed by atoms with Crippen LogP contribution in [0.3, 0.4) is 0 Å². The predicted molar refractivity (Wildman–Crippen MR) is 129 cm³/mol. The van der Waals surface area contributed by atoms with E-state index in [1.165, 1.54) is 26.2 Å². The Hall–Kier alpha value is -3.97. The summed E-state index contributed by atoms with van der Waals surface area (Å²) in [7, 11) is 4.55. The van der Waals surface area contributed by atoms with Crippen LogP contribution in [0.2, 0.25) is 5.02 Å². The number of carbonyl (C=O) groups excluding carboxylic acids is 2. The third kappa shape index (κ3) is 4.06. The highest BCUT2D eigenvalue weighted by Crippen LogP contribution is 2.45. The minimum Gasteiger partial charge on any atom is -0.507 e. The molecule has 1 fully saturated rings. The van der Waals surface area contributed by atoms with Crippen LogP contribution in [0.5, 0.6) is 17.2 Å². The van der Waals surface area contributed by atoms with Crippen LogP contribution in [0.15, 0.2) is 72.3 Å². The second-order valence-electron chi connectivity index (χ2n) is 7.48. The van der Waals surface area contributed by atoms with Crippen molar-refractivity contribution in [3.63, 3.8) is 0 Å². The van der Waals surface area contributed by atoms with Crippen molar-refractivity contribution in [1.82, 2.24) is 0 Å². The largest absolute Gasteiger partial charge is 0.507 e. The van der Waals surface area contributed by atoms with Crippen molar-refractivity contribution in [2.24, 2.45) is 0 Å². The van der Waals surface area contributed by atoms with Gasteiger partial charge in [0.2, 0.25) is 0 Å². The topological polar surface area (TPSA) is 85.3 Å². The van der Waals surface area contributed by atoms with Crippen molar-refractivity contribution in [1.29, 1.82) is 0 Å². The normalized spacial score (nSPS) is 17.1. The molecule has 1 saturated heterocycles. The van der Waals surface area contributed by atoms with Gasteiger partial charge in [-0.2, -0.15) is 0 Å². The van der Waals surface area contributed by atoms with Crippen molar-refractivity contribution < 1.29 is 28.9 Å². The van der Waals surface area contributed by atoms with Gasteiger partial charge in [0.25, 0.3) is 11.7 Å². The highest BCUT2D eigenvalue weighted by atomic mass is 35.5. The molecule has 0 bridgehead atoms. The summed E-state index contributed by atoms with van der Waals surface area (Å²) in [6.07, 6.45) is 0. The lowest BCUT2D eigenvalue weighted by Gasteiger charge is -2.27. The number of aliphatic hydroxyl groups is 1. The number of ketones is 1. The molecule has 1 N–H and O–H groups in total. The molecule has 0 saturated carbocycles. The molecular weight excluding hydrogens is 458 g/mol. The summed E-state index contributed by atoms with van der Waals surface area (Å²) in [5.74, 6) is -0.366. The summed E-state index contributed by atoms with van der Waals surface area (Å²) < 4.78 is 16.1. The fraction of sp³-hybridized carbons (Fsp3) is 0.154. The Kier molecular flexibility index (Phi) is 6.47. The first kappa shape index (κ1) is 23.2. The molecular formula is C26H22ClNO6. The first-order chi connectivity index (χ1) is 16.4. The highest BCUT2D eigenvalue weighted by Gasteiger charge is 2.48. The van der Waals surface area contributed by atoms with E-state index in [-0.39, 0.29) is 11.3 Å². The molecule has 0 aliphatic carbocycles. The number of benzene rings is 3. The highest BCUT2D eigenvalue weighted by molar-refractivity contribution is 6.51. The van der Waals surface area contributed by atoms with E-state index >= 15 is 0 Å². The van der Waals surface area contributed by atoms with E-state index in [0.29, 0.717) is 39.1 Å². The first-order valence-electron chi connectivity index (χ1n) is 10.3. The van der Waals surface area contributed by atoms with E-state index in [1.54, 1.807) is 66.7 Å². The number of halogens is 1. The summed E-state index contributed by atoms with van der Waals surface area (Å²) in [6, 6.07) is 17.2. The maximum Gasteiger partial charge on any atom is 0.300 e. The van der Waals surface area contributed by atoms with Gasteiger partial charge < -0.3 is 19.3 Å². The van der Waals surface area contributed by atoms with E-state index in [2.05, 4.69) is 0 Å². The van der Waals surface area contributed by atoms with E-state index < -0.39 is 17.7 Å². The van der Waals surface area contributed by atoms with Gasteiger partial charge in [-0.05, 0) is 60.7 Å². The number of methoxy groups -OCH3 is 3. The average molecular weight is 480 g/mol. The molecule has 1 atom stereocenters. The monoisotopic (exact) mass is 479 g/mol. The van der Waals surface area contributed by atoms with Gasteiger partial charge in [-0.15, -0.1) is 0 Å². The van der Waals surface area contributed by atoms with E-state index in [4.69, 9.17) is 25.8 Å². The molecule has 1 aliphatic heterocycles. The summed E-state index contributed by atoms with van der Waals surface area (Å²) in [4.78, 5) is 27.9. The van der Waals surface area contributed by atoms with Crippen LogP contribution in [-0.2, 0) is 9.59 Å². The van der Waals surface area contributed by atoms with E-state index in [1.807, 2.05) is 0 Å². The van der Waals surface area contributed by atoms with Gasteiger partial charge in [-0.1, -0.05) is 11.6 Å². The Morgan fingerprint density at radius 1 is 0.853 bits per heavy atom. The average Bonchev–Trinajstić information content (AvgIpc) is 3.13. The van der Waals surface area contributed by atoms with Crippen LogP contribution in [0.4, 0.5) is 5.69 Å². The molecule has 0 spiro atoms. The zero-order valence-electron chi connectivity index (χ0n) is 18.7. The lowest BCUT2D eigenvalue weighted by atomic mass is 9.94. The molecule has 0 radical (unpaired) electrons. The number of amides is 1. The van der Waals surface area contributed by atoms with Crippen LogP contribution < -0.4 is 19.1 Å². The van der Waals surface area contributed by atoms with Gasteiger partial charge in [0.15, 0.2) is 0 Å². The first-order valence-corrected chi connectivity index (χ1v) is 10.7. The van der Waals surface area contributed by atoms with Gasteiger partial charge in [-0.3, -0.25) is 14.5 Å². The molecule has 1 aliphatic rings. The number of hydrogen-bond donors (Lipinski definition) is 1. The van der Waals surface area contributed by atoms with Crippen molar-refractivity contribution in [2.45, 2.75) is 6.04 Å². The molecule has 0 unspecified atom stereocenters. The summed E-state index contributed by atoms with van der Waals surface area (Å²) in [5.41, 5.74) is 1.26. The fourth-order valence-corrected chi connectivity index (χ4v) is 4.07. The van der Waals surface area contributed by atoms with Crippen LogP contribution in [0.25, 0.3) is 5.76 Å². The number of aliphatic hydroxyl groups excluding tert-OH is 1. The molecule has 4 rings (SSSR count). The summed E-state index contributed by atoms with van der Waals surface area (Å²) in [6.45, 7) is 0. The van der Waals surface area contributed by atoms with Gasteiger partial charge >= 0.3 is 0 Å². The lowest BCUT2D eigenvalue weighted by molar-refractivity contribution is -0.132. The third-order valence-electron chi connectivity index (χ3n) is 5.65. The third-order valence-corrected chi connectivity index (χ3v) is 5.90. The molecule has 0 aromatic heterocycles. The fourth-order valence-electron chi connectivity index (χ4n) is 3.94. The zero-order chi connectivity index (χ0) is 24.4. The lowest BCUT2D eigenvalue weighted by Crippen LogP contribution is -2.29. The van der Waals surface area contributed by atoms with Crippen LogP contribution in [0.1, 0.15) is 17.2 Å². The number of carbonyl (C=O) groups is 2. The second-order valence-corrected chi connectivity index (χ2v) is 7.92. The number of ether oxygens (including phenoxy) is 3. The Morgan fingerprint density at radius 3 is 2.06 bits per heavy atom. The molecule has 1 heterocycles. The van der Waals surface area contributed by atoms with E-state index in [9.17, 15) is 14.7 Å². The summed E-state index contributed by atoms with van der Waals surface area (Å²) >= 11 is 5.98. The van der Waals surface area contributed by atoms with E-state index in [0.717, 1.165) is 0 Å². The Morgan fingerprint density at radius 2 is 1.47 bits per heavy atom. The predicted octanol–water partition coefficient (Wildman–Crippen LogP) is 4.99. The SMILES string of the molecule is COc1ccc(N2C(=O)C(=O)/C(=C(/O)c3ccc(Cl)cc3)[C@@H]2c2ccc(OC)cc2OC)cc1. The number of nitrogens with zero attached hydrogens (tertiary/aromatic N) is 1. The molecule has 3 aromatic carbocycles. The van der Waals surface area contributed by atoms with Crippen molar-refractivity contribution >= 4 is 34.7 Å². The van der Waals surface area contributed by atoms with Gasteiger partial charge in [0.05, 0.1) is 32.9 Å². The number of anilines is 1. The zero-order valence-corrected chi connectivity index (χ0v) is 19.5. The maximum atomic E-state index is 13.3. The van der Waals surface area contributed by atoms with Crippen molar-refractivity contribution in [3.05, 3.63) is 88.5 Å². The van der Waals surface area contributed by atoms with Gasteiger partial charge in [-0.25, -0.2) is 0 Å². The molecule has 8 heteroatoms. The Bertz CT molecular complexity index is 1270. The minimum atomic E-state index is -0.954. The summed E-state index contributed by atoms with van der Waals surface area (Å²) in [5, 5.41) is 11.7. The van der Waals surface area contributed by atoms with Crippen molar-refractivity contribution in [3.8, 4) is 17.2 Å².